The number of benzene rings is 2. The van der Waals surface area contributed by atoms with Crippen LogP contribution < -0.4 is 24.3 Å². The van der Waals surface area contributed by atoms with Crippen molar-refractivity contribution in [2.75, 3.05) is 32.8 Å². The van der Waals surface area contributed by atoms with Gasteiger partial charge in [-0.3, -0.25) is 4.79 Å². The van der Waals surface area contributed by atoms with Gasteiger partial charge in [-0.15, -0.1) is 0 Å². The monoisotopic (exact) mass is 343 g/mol. The first-order valence-electron chi connectivity index (χ1n) is 8.10. The fourth-order valence-corrected chi connectivity index (χ4v) is 2.64. The molecule has 2 aromatic rings. The summed E-state index contributed by atoms with van der Waals surface area (Å²) in [6.07, 6.45) is 0.990. The summed E-state index contributed by atoms with van der Waals surface area (Å²) in [5, 5.41) is 2.87. The quantitative estimate of drug-likeness (QED) is 0.873. The second kappa shape index (κ2) is 7.79. The second-order valence-electron chi connectivity index (χ2n) is 5.60. The van der Waals surface area contributed by atoms with E-state index in [0.29, 0.717) is 43.2 Å². The maximum absolute atomic E-state index is 12.2. The molecule has 25 heavy (non-hydrogen) atoms. The number of amides is 1. The van der Waals surface area contributed by atoms with Gasteiger partial charge in [0.15, 0.2) is 23.0 Å². The molecule has 0 aliphatic carbocycles. The third-order valence-corrected chi connectivity index (χ3v) is 3.91. The molecule has 1 amide bonds. The zero-order chi connectivity index (χ0) is 17.6. The Morgan fingerprint density at radius 3 is 2.52 bits per heavy atom. The van der Waals surface area contributed by atoms with Gasteiger partial charge >= 0.3 is 0 Å². The van der Waals surface area contributed by atoms with E-state index in [4.69, 9.17) is 18.9 Å². The molecule has 6 nitrogen and oxygen atoms in total. The molecule has 0 saturated heterocycles. The van der Waals surface area contributed by atoms with Crippen molar-refractivity contribution in [1.29, 1.82) is 0 Å². The highest BCUT2D eigenvalue weighted by Gasteiger charge is 2.13. The summed E-state index contributed by atoms with van der Waals surface area (Å²) < 4.78 is 21.5. The van der Waals surface area contributed by atoms with E-state index in [9.17, 15) is 4.79 Å². The number of methoxy groups -OCH3 is 2. The van der Waals surface area contributed by atoms with Gasteiger partial charge in [-0.1, -0.05) is 6.07 Å². The number of carbonyl (C=O) groups excluding carboxylic acids is 1. The zero-order valence-electron chi connectivity index (χ0n) is 14.3. The molecule has 0 saturated carbocycles. The van der Waals surface area contributed by atoms with Gasteiger partial charge < -0.3 is 24.3 Å². The van der Waals surface area contributed by atoms with E-state index >= 15 is 0 Å². The van der Waals surface area contributed by atoms with Crippen LogP contribution in [0.4, 0.5) is 5.69 Å². The summed E-state index contributed by atoms with van der Waals surface area (Å²) >= 11 is 0. The van der Waals surface area contributed by atoms with Gasteiger partial charge in [-0.05, 0) is 36.2 Å². The molecule has 132 valence electrons. The lowest BCUT2D eigenvalue weighted by Crippen LogP contribution is -2.15. The molecule has 3 rings (SSSR count). The highest BCUT2D eigenvalue weighted by Crippen LogP contribution is 2.31. The Hall–Kier alpha value is -2.89. The number of nitrogens with one attached hydrogen (secondary N) is 1. The standard InChI is InChI=1S/C19H21NO5/c1-22-15-7-5-14(12-17(15)23-2)20-19(21)8-4-13-3-6-16-18(11-13)25-10-9-24-16/h3,5-7,11-12H,4,8-10H2,1-2H3,(H,20,21). The number of anilines is 1. The van der Waals surface area contributed by atoms with Crippen molar-refractivity contribution >= 4 is 11.6 Å². The number of carbonyl (C=O) groups is 1. The maximum atomic E-state index is 12.2. The molecule has 6 heteroatoms. The van der Waals surface area contributed by atoms with Crippen LogP contribution in [0.25, 0.3) is 0 Å². The van der Waals surface area contributed by atoms with Crippen molar-refractivity contribution in [1.82, 2.24) is 0 Å². The Labute approximate surface area is 146 Å². The highest BCUT2D eigenvalue weighted by atomic mass is 16.6. The number of aryl methyl sites for hydroxylation is 1. The largest absolute Gasteiger partial charge is 0.493 e. The van der Waals surface area contributed by atoms with E-state index in [1.54, 1.807) is 32.4 Å². The van der Waals surface area contributed by atoms with Gasteiger partial charge in [-0.2, -0.15) is 0 Å². The van der Waals surface area contributed by atoms with Gasteiger partial charge in [0.1, 0.15) is 13.2 Å². The minimum absolute atomic E-state index is 0.0675. The minimum atomic E-state index is -0.0675. The van der Waals surface area contributed by atoms with Crippen LogP contribution >= 0.6 is 0 Å². The first-order chi connectivity index (χ1) is 12.2. The van der Waals surface area contributed by atoms with Gasteiger partial charge in [0.2, 0.25) is 5.91 Å². The summed E-state index contributed by atoms with van der Waals surface area (Å²) in [6, 6.07) is 11.0. The third-order valence-electron chi connectivity index (χ3n) is 3.91. The van der Waals surface area contributed by atoms with Crippen molar-refractivity contribution in [2.24, 2.45) is 0 Å². The van der Waals surface area contributed by atoms with Crippen molar-refractivity contribution < 1.29 is 23.7 Å². The highest BCUT2D eigenvalue weighted by molar-refractivity contribution is 5.91. The first kappa shape index (κ1) is 17.0. The average Bonchev–Trinajstić information content (AvgIpc) is 2.66. The molecule has 0 spiro atoms. The van der Waals surface area contributed by atoms with Crippen molar-refractivity contribution in [3.63, 3.8) is 0 Å². The molecule has 2 aromatic carbocycles. The average molecular weight is 343 g/mol. The van der Waals surface area contributed by atoms with Gasteiger partial charge in [0.05, 0.1) is 14.2 Å². The Morgan fingerprint density at radius 1 is 1.00 bits per heavy atom. The van der Waals surface area contributed by atoms with Crippen molar-refractivity contribution in [3.8, 4) is 23.0 Å². The van der Waals surface area contributed by atoms with Gasteiger partial charge in [0, 0.05) is 18.2 Å². The summed E-state index contributed by atoms with van der Waals surface area (Å²) in [5.41, 5.74) is 1.71. The van der Waals surface area contributed by atoms with E-state index in [1.807, 2.05) is 18.2 Å². The summed E-state index contributed by atoms with van der Waals surface area (Å²) in [4.78, 5) is 12.2. The van der Waals surface area contributed by atoms with Crippen molar-refractivity contribution in [3.05, 3.63) is 42.0 Å². The first-order valence-corrected chi connectivity index (χ1v) is 8.10. The molecule has 0 fully saturated rings. The Bertz CT molecular complexity index is 759. The van der Waals surface area contributed by atoms with E-state index in [1.165, 1.54) is 0 Å². The summed E-state index contributed by atoms with van der Waals surface area (Å²) in [6.45, 7) is 1.12. The van der Waals surface area contributed by atoms with Crippen LogP contribution in [0.3, 0.4) is 0 Å². The normalized spacial score (nSPS) is 12.4. The zero-order valence-corrected chi connectivity index (χ0v) is 14.3. The van der Waals surface area contributed by atoms with Crippen LogP contribution in [-0.2, 0) is 11.2 Å². The predicted octanol–water partition coefficient (Wildman–Crippen LogP) is 3.05. The Balaban J connectivity index is 1.58. The van der Waals surface area contributed by atoms with Crippen LogP contribution in [0.5, 0.6) is 23.0 Å². The van der Waals surface area contributed by atoms with Crippen LogP contribution in [-0.4, -0.2) is 33.3 Å². The second-order valence-corrected chi connectivity index (χ2v) is 5.60. The van der Waals surface area contributed by atoms with Crippen LogP contribution in [0.1, 0.15) is 12.0 Å². The molecule has 1 heterocycles. The molecule has 1 aliphatic heterocycles. The van der Waals surface area contributed by atoms with Gasteiger partial charge in [-0.25, -0.2) is 0 Å². The van der Waals surface area contributed by atoms with E-state index in [2.05, 4.69) is 5.32 Å². The number of fused-ring (bicyclic) bond motifs is 1. The molecule has 0 bridgehead atoms. The molecular weight excluding hydrogens is 322 g/mol. The molecule has 0 radical (unpaired) electrons. The number of rotatable bonds is 6. The number of hydrogen-bond donors (Lipinski definition) is 1. The van der Waals surface area contributed by atoms with E-state index < -0.39 is 0 Å². The summed E-state index contributed by atoms with van der Waals surface area (Å²) in [5.74, 6) is 2.62. The number of hydrogen-bond acceptors (Lipinski definition) is 5. The lowest BCUT2D eigenvalue weighted by atomic mass is 10.1. The molecule has 1 aliphatic rings. The topological polar surface area (TPSA) is 66.0 Å². The lowest BCUT2D eigenvalue weighted by molar-refractivity contribution is -0.116. The predicted molar refractivity (Wildman–Crippen MR) is 93.9 cm³/mol. The van der Waals surface area contributed by atoms with Crippen molar-refractivity contribution in [2.45, 2.75) is 12.8 Å². The molecule has 0 atom stereocenters. The Kier molecular flexibility index (Phi) is 5.28. The fourth-order valence-electron chi connectivity index (χ4n) is 2.64. The summed E-state index contributed by atoms with van der Waals surface area (Å²) in [7, 11) is 3.13. The third kappa shape index (κ3) is 4.15. The maximum Gasteiger partial charge on any atom is 0.224 e. The van der Waals surface area contributed by atoms with Crippen LogP contribution in [0.15, 0.2) is 36.4 Å². The van der Waals surface area contributed by atoms with E-state index in [-0.39, 0.29) is 5.91 Å². The SMILES string of the molecule is COc1ccc(NC(=O)CCc2ccc3c(c2)OCCO3)cc1OC. The molecular formula is C19H21NO5. The van der Waals surface area contributed by atoms with E-state index in [0.717, 1.165) is 17.1 Å². The smallest absolute Gasteiger partial charge is 0.224 e. The van der Waals surface area contributed by atoms with Gasteiger partial charge in [0.25, 0.3) is 0 Å². The molecule has 0 unspecified atom stereocenters. The lowest BCUT2D eigenvalue weighted by Gasteiger charge is -2.18. The number of ether oxygens (including phenoxy) is 4. The Morgan fingerprint density at radius 2 is 1.76 bits per heavy atom. The molecule has 0 aromatic heterocycles. The molecule has 1 N–H and O–H groups in total. The minimum Gasteiger partial charge on any atom is -0.493 e. The fraction of sp³-hybridized carbons (Fsp3) is 0.316. The van der Waals surface area contributed by atoms with Crippen LogP contribution in [0, 0.1) is 0 Å². The van der Waals surface area contributed by atoms with Crippen LogP contribution in [0.2, 0.25) is 0 Å².